The van der Waals surface area contributed by atoms with Crippen LogP contribution < -0.4 is 11.1 Å². The molecule has 142 valence electrons. The molecule has 0 spiro atoms. The van der Waals surface area contributed by atoms with Gasteiger partial charge in [0.2, 0.25) is 17.7 Å². The third-order valence-electron chi connectivity index (χ3n) is 4.30. The van der Waals surface area contributed by atoms with Crippen LogP contribution in [0, 0.1) is 5.92 Å². The van der Waals surface area contributed by atoms with E-state index in [1.807, 2.05) is 4.90 Å². The molecule has 1 aliphatic rings. The molecule has 0 unspecified atom stereocenters. The van der Waals surface area contributed by atoms with E-state index in [1.165, 1.54) is 4.90 Å². The summed E-state index contributed by atoms with van der Waals surface area (Å²) in [5.41, 5.74) is 5.67. The smallest absolute Gasteiger partial charge is 0.244 e. The van der Waals surface area contributed by atoms with Crippen LogP contribution in [0.5, 0.6) is 0 Å². The molecule has 0 aromatic heterocycles. The number of rotatable bonds is 6. The molecule has 1 heterocycles. The molecule has 9 heteroatoms. The third kappa shape index (κ3) is 5.59. The largest absolute Gasteiger partial charge is 0.369 e. The summed E-state index contributed by atoms with van der Waals surface area (Å²) in [6.07, 6.45) is 1.56. The second-order valence-corrected chi connectivity index (χ2v) is 7.19. The van der Waals surface area contributed by atoms with Gasteiger partial charge < -0.3 is 16.0 Å². The van der Waals surface area contributed by atoms with Gasteiger partial charge in [-0.05, 0) is 31.5 Å². The van der Waals surface area contributed by atoms with Crippen molar-refractivity contribution in [3.05, 3.63) is 28.2 Å². The first-order chi connectivity index (χ1) is 12.3. The lowest BCUT2D eigenvalue weighted by atomic mass is 9.97. The first-order valence-corrected chi connectivity index (χ1v) is 9.03. The summed E-state index contributed by atoms with van der Waals surface area (Å²) in [5, 5.41) is 3.27. The Morgan fingerprint density at radius 3 is 2.58 bits per heavy atom. The Morgan fingerprint density at radius 2 is 1.96 bits per heavy atom. The molecule has 26 heavy (non-hydrogen) atoms. The summed E-state index contributed by atoms with van der Waals surface area (Å²) in [6, 6.07) is 4.90. The Hall–Kier alpha value is -1.83. The van der Waals surface area contributed by atoms with Gasteiger partial charge in [0.05, 0.1) is 34.7 Å². The predicted molar refractivity (Wildman–Crippen MR) is 101 cm³/mol. The maximum Gasteiger partial charge on any atom is 0.244 e. The summed E-state index contributed by atoms with van der Waals surface area (Å²) in [7, 11) is 1.55. The van der Waals surface area contributed by atoms with Crippen molar-refractivity contribution in [1.29, 1.82) is 0 Å². The molecule has 1 aliphatic heterocycles. The highest BCUT2D eigenvalue weighted by Gasteiger charge is 2.26. The maximum absolute atomic E-state index is 12.3. The molecule has 1 aromatic carbocycles. The van der Waals surface area contributed by atoms with Crippen LogP contribution in [0.1, 0.15) is 12.8 Å². The topological polar surface area (TPSA) is 95.7 Å². The average molecular weight is 401 g/mol. The van der Waals surface area contributed by atoms with E-state index < -0.39 is 5.91 Å². The van der Waals surface area contributed by atoms with E-state index in [0.29, 0.717) is 22.3 Å². The summed E-state index contributed by atoms with van der Waals surface area (Å²) in [4.78, 5) is 39.0. The fraction of sp³-hybridized carbons (Fsp3) is 0.471. The van der Waals surface area contributed by atoms with Crippen molar-refractivity contribution in [2.75, 3.05) is 38.5 Å². The first kappa shape index (κ1) is 20.5. The molecule has 3 N–H and O–H groups in total. The third-order valence-corrected chi connectivity index (χ3v) is 4.93. The zero-order valence-corrected chi connectivity index (χ0v) is 16.0. The van der Waals surface area contributed by atoms with Gasteiger partial charge in [-0.2, -0.15) is 0 Å². The number of likely N-dealkylation sites (tertiary alicyclic amines) is 1. The molecule has 1 saturated heterocycles. The van der Waals surface area contributed by atoms with Crippen molar-refractivity contribution in [2.24, 2.45) is 11.7 Å². The molecule has 0 bridgehead atoms. The molecule has 3 amide bonds. The van der Waals surface area contributed by atoms with Crippen molar-refractivity contribution in [3.8, 4) is 0 Å². The lowest BCUT2D eigenvalue weighted by Crippen LogP contribution is -2.47. The number of halogens is 2. The standard InChI is InChI=1S/C17H22Cl2N4O3/c1-22(9-14(24)21-16-12(18)5-2-6-13(16)19)15(25)10-23-7-3-4-11(8-23)17(20)26/h2,5-6,11H,3-4,7-10H2,1H3,(H2,20,26)(H,21,24)/t11-/m1/s1. The molecule has 0 aliphatic carbocycles. The van der Waals surface area contributed by atoms with Gasteiger partial charge in [0, 0.05) is 13.6 Å². The van der Waals surface area contributed by atoms with Crippen LogP contribution in [0.4, 0.5) is 5.69 Å². The van der Waals surface area contributed by atoms with Gasteiger partial charge >= 0.3 is 0 Å². The fourth-order valence-corrected chi connectivity index (χ4v) is 3.34. The SMILES string of the molecule is CN(CC(=O)Nc1c(Cl)cccc1Cl)C(=O)CN1CCC[C@@H](C(N)=O)C1. The fourth-order valence-electron chi connectivity index (χ4n) is 2.84. The number of likely N-dealkylation sites (N-methyl/N-ethyl adjacent to an activating group) is 1. The van der Waals surface area contributed by atoms with E-state index in [9.17, 15) is 14.4 Å². The number of primary amides is 1. The number of benzene rings is 1. The van der Waals surface area contributed by atoms with Gasteiger partial charge in [-0.3, -0.25) is 19.3 Å². The molecule has 2 rings (SSSR count). The number of anilines is 1. The van der Waals surface area contributed by atoms with Crippen LogP contribution in [0.25, 0.3) is 0 Å². The Labute approximate surface area is 162 Å². The van der Waals surface area contributed by atoms with E-state index in [4.69, 9.17) is 28.9 Å². The zero-order valence-electron chi connectivity index (χ0n) is 14.5. The highest BCUT2D eigenvalue weighted by Crippen LogP contribution is 2.29. The Balaban J connectivity index is 1.86. The number of nitrogens with two attached hydrogens (primary N) is 1. The number of piperidine rings is 1. The van der Waals surface area contributed by atoms with Crippen molar-refractivity contribution in [2.45, 2.75) is 12.8 Å². The number of nitrogens with one attached hydrogen (secondary N) is 1. The number of para-hydroxylation sites is 1. The quantitative estimate of drug-likeness (QED) is 0.757. The molecule has 1 aromatic rings. The van der Waals surface area contributed by atoms with Crippen LogP contribution >= 0.6 is 23.2 Å². The lowest BCUT2D eigenvalue weighted by Gasteiger charge is -2.31. The zero-order chi connectivity index (χ0) is 19.3. The van der Waals surface area contributed by atoms with Gasteiger partial charge in [-0.25, -0.2) is 0 Å². The van der Waals surface area contributed by atoms with Gasteiger partial charge in [-0.1, -0.05) is 29.3 Å². The molecular weight excluding hydrogens is 379 g/mol. The van der Waals surface area contributed by atoms with Gasteiger partial charge in [-0.15, -0.1) is 0 Å². The van der Waals surface area contributed by atoms with E-state index >= 15 is 0 Å². The van der Waals surface area contributed by atoms with E-state index in [2.05, 4.69) is 5.32 Å². The second kappa shape index (κ2) is 9.21. The highest BCUT2D eigenvalue weighted by atomic mass is 35.5. The summed E-state index contributed by atoms with van der Waals surface area (Å²) in [6.45, 7) is 1.20. The Morgan fingerprint density at radius 1 is 1.31 bits per heavy atom. The highest BCUT2D eigenvalue weighted by molar-refractivity contribution is 6.39. The minimum atomic E-state index is -0.399. The molecule has 0 saturated carbocycles. The van der Waals surface area contributed by atoms with Crippen LogP contribution in [0.15, 0.2) is 18.2 Å². The van der Waals surface area contributed by atoms with Crippen LogP contribution in [0.3, 0.4) is 0 Å². The average Bonchev–Trinajstić information content (AvgIpc) is 2.58. The van der Waals surface area contributed by atoms with E-state index in [1.54, 1.807) is 25.2 Å². The Kier molecular flexibility index (Phi) is 7.25. The minimum absolute atomic E-state index is 0.131. The lowest BCUT2D eigenvalue weighted by molar-refractivity contribution is -0.135. The number of hydrogen-bond acceptors (Lipinski definition) is 4. The van der Waals surface area contributed by atoms with Gasteiger partial charge in [0.25, 0.3) is 0 Å². The number of carbonyl (C=O) groups excluding carboxylic acids is 3. The summed E-state index contributed by atoms with van der Waals surface area (Å²) < 4.78 is 0. The number of hydrogen-bond donors (Lipinski definition) is 2. The predicted octanol–water partition coefficient (Wildman–Crippen LogP) is 1.59. The number of carbonyl (C=O) groups is 3. The maximum atomic E-state index is 12.3. The minimum Gasteiger partial charge on any atom is -0.369 e. The van der Waals surface area contributed by atoms with E-state index in [0.717, 1.165) is 19.4 Å². The number of amides is 3. The normalized spacial score (nSPS) is 17.6. The molecule has 1 atom stereocenters. The number of nitrogens with zero attached hydrogens (tertiary/aromatic N) is 2. The van der Waals surface area contributed by atoms with Crippen LogP contribution in [0.2, 0.25) is 10.0 Å². The first-order valence-electron chi connectivity index (χ1n) is 8.27. The van der Waals surface area contributed by atoms with Crippen LogP contribution in [-0.4, -0.2) is 60.7 Å². The van der Waals surface area contributed by atoms with Crippen molar-refractivity contribution in [3.63, 3.8) is 0 Å². The summed E-state index contributed by atoms with van der Waals surface area (Å²) in [5.74, 6) is -1.18. The van der Waals surface area contributed by atoms with Crippen molar-refractivity contribution in [1.82, 2.24) is 9.80 Å². The monoisotopic (exact) mass is 400 g/mol. The molecule has 0 radical (unpaired) electrons. The second-order valence-electron chi connectivity index (χ2n) is 6.37. The molecule has 7 nitrogen and oxygen atoms in total. The van der Waals surface area contributed by atoms with Gasteiger partial charge in [0.15, 0.2) is 0 Å². The van der Waals surface area contributed by atoms with Crippen molar-refractivity contribution < 1.29 is 14.4 Å². The molecular formula is C17H22Cl2N4O3. The molecule has 1 fully saturated rings. The summed E-state index contributed by atoms with van der Waals surface area (Å²) >= 11 is 12.0. The van der Waals surface area contributed by atoms with Crippen molar-refractivity contribution >= 4 is 46.6 Å². The Bertz CT molecular complexity index is 678. The van der Waals surface area contributed by atoms with Gasteiger partial charge in [0.1, 0.15) is 0 Å². The van der Waals surface area contributed by atoms with E-state index in [-0.39, 0.29) is 30.8 Å². The van der Waals surface area contributed by atoms with Crippen LogP contribution in [-0.2, 0) is 14.4 Å².